The molecule has 53 heavy (non-hydrogen) atoms. The normalized spacial score (nSPS) is 11.8. The molecule has 0 radical (unpaired) electrons. The van der Waals surface area contributed by atoms with Crippen molar-refractivity contribution in [2.75, 3.05) is 4.90 Å². The van der Waals surface area contributed by atoms with Gasteiger partial charge in [-0.25, -0.2) is 0 Å². The second-order valence-corrected chi connectivity index (χ2v) is 15.9. The zero-order valence-corrected chi connectivity index (χ0v) is 30.3. The van der Waals surface area contributed by atoms with E-state index in [9.17, 15) is 0 Å². The summed E-state index contributed by atoms with van der Waals surface area (Å²) in [6, 6.07) is 69.2. The van der Waals surface area contributed by atoms with Crippen molar-refractivity contribution in [3.05, 3.63) is 188 Å². The van der Waals surface area contributed by atoms with Crippen molar-refractivity contribution in [3.63, 3.8) is 0 Å². The van der Waals surface area contributed by atoms with Crippen LogP contribution in [0.4, 0.5) is 17.1 Å². The highest BCUT2D eigenvalue weighted by Crippen LogP contribution is 2.43. The summed E-state index contributed by atoms with van der Waals surface area (Å²) >= 11 is 3.74. The average molecular weight is 710 g/mol. The first kappa shape index (κ1) is 30.4. The van der Waals surface area contributed by atoms with Gasteiger partial charge in [0.2, 0.25) is 0 Å². The maximum atomic E-state index is 2.39. The molecule has 0 aliphatic rings. The van der Waals surface area contributed by atoms with Gasteiger partial charge >= 0.3 is 0 Å². The largest absolute Gasteiger partial charge is 0.310 e. The summed E-state index contributed by atoms with van der Waals surface area (Å²) in [5.41, 5.74) is 8.30. The van der Waals surface area contributed by atoms with Gasteiger partial charge in [0.05, 0.1) is 0 Å². The smallest absolute Gasteiger partial charge is 0.0476 e. The molecule has 2 heterocycles. The molecule has 0 unspecified atom stereocenters. The van der Waals surface area contributed by atoms with Crippen LogP contribution in [-0.2, 0) is 0 Å². The topological polar surface area (TPSA) is 3.24 Å². The SMILES string of the molecule is c1ccc2c(-c3ccc(N(c4ccc(-c5ccc6sc7ccc8ccccc8c7c6c5)cc4)c4ccc5c(c4)sc4ccccc45)cc3)cccc2c1. The van der Waals surface area contributed by atoms with E-state index in [1.807, 2.05) is 22.7 Å². The highest BCUT2D eigenvalue weighted by molar-refractivity contribution is 7.26. The van der Waals surface area contributed by atoms with E-state index in [4.69, 9.17) is 0 Å². The number of benzene rings is 9. The molecule has 1 nitrogen and oxygen atoms in total. The van der Waals surface area contributed by atoms with Crippen molar-refractivity contribution < 1.29 is 0 Å². The molecule has 0 atom stereocenters. The fraction of sp³-hybridized carbons (Fsp3) is 0. The van der Waals surface area contributed by atoms with E-state index in [1.165, 1.54) is 84.1 Å². The Balaban J connectivity index is 1.02. The van der Waals surface area contributed by atoms with E-state index in [0.29, 0.717) is 0 Å². The predicted molar refractivity (Wildman–Crippen MR) is 233 cm³/mol. The minimum Gasteiger partial charge on any atom is -0.310 e. The molecule has 0 fully saturated rings. The van der Waals surface area contributed by atoms with Crippen LogP contribution in [0, 0.1) is 0 Å². The van der Waals surface area contributed by atoms with E-state index in [2.05, 4.69) is 193 Å². The van der Waals surface area contributed by atoms with E-state index in [-0.39, 0.29) is 0 Å². The van der Waals surface area contributed by atoms with Crippen LogP contribution in [0.15, 0.2) is 188 Å². The Morgan fingerprint density at radius 3 is 1.68 bits per heavy atom. The minimum atomic E-state index is 1.13. The number of thiophene rings is 2. The summed E-state index contributed by atoms with van der Waals surface area (Å²) in [5, 5.41) is 10.4. The molecule has 0 saturated carbocycles. The minimum absolute atomic E-state index is 1.13. The van der Waals surface area contributed by atoms with Gasteiger partial charge in [0.15, 0.2) is 0 Å². The molecule has 0 bridgehead atoms. The summed E-state index contributed by atoms with van der Waals surface area (Å²) in [5.74, 6) is 0. The van der Waals surface area contributed by atoms with Gasteiger partial charge in [-0.3, -0.25) is 0 Å². The lowest BCUT2D eigenvalue weighted by molar-refractivity contribution is 1.29. The van der Waals surface area contributed by atoms with Gasteiger partial charge in [0.25, 0.3) is 0 Å². The highest BCUT2D eigenvalue weighted by Gasteiger charge is 2.17. The van der Waals surface area contributed by atoms with Gasteiger partial charge in [0.1, 0.15) is 0 Å². The van der Waals surface area contributed by atoms with Gasteiger partial charge in [-0.1, -0.05) is 127 Å². The summed E-state index contributed by atoms with van der Waals surface area (Å²) in [7, 11) is 0. The number of fused-ring (bicyclic) bond motifs is 9. The molecular formula is C50H31NS2. The van der Waals surface area contributed by atoms with Crippen molar-refractivity contribution in [1.82, 2.24) is 0 Å². The van der Waals surface area contributed by atoms with E-state index in [1.54, 1.807) is 0 Å². The Hall–Kier alpha value is -6.26. The lowest BCUT2D eigenvalue weighted by atomic mass is 9.98. The summed E-state index contributed by atoms with van der Waals surface area (Å²) < 4.78 is 5.27. The average Bonchev–Trinajstić information content (AvgIpc) is 3.79. The lowest BCUT2D eigenvalue weighted by Gasteiger charge is -2.26. The van der Waals surface area contributed by atoms with E-state index >= 15 is 0 Å². The summed E-state index contributed by atoms with van der Waals surface area (Å²) in [4.78, 5) is 2.39. The van der Waals surface area contributed by atoms with Gasteiger partial charge < -0.3 is 4.90 Å². The van der Waals surface area contributed by atoms with Crippen LogP contribution >= 0.6 is 22.7 Å². The second-order valence-electron chi connectivity index (χ2n) is 13.7. The molecule has 11 aromatic rings. The summed E-state index contributed by atoms with van der Waals surface area (Å²) in [6.07, 6.45) is 0. The fourth-order valence-electron chi connectivity index (χ4n) is 8.10. The van der Waals surface area contributed by atoms with Crippen molar-refractivity contribution in [2.24, 2.45) is 0 Å². The van der Waals surface area contributed by atoms with Crippen LogP contribution in [0.5, 0.6) is 0 Å². The lowest BCUT2D eigenvalue weighted by Crippen LogP contribution is -2.09. The highest BCUT2D eigenvalue weighted by atomic mass is 32.1. The Morgan fingerprint density at radius 2 is 0.868 bits per heavy atom. The van der Waals surface area contributed by atoms with Crippen molar-refractivity contribution in [2.45, 2.75) is 0 Å². The number of anilines is 3. The van der Waals surface area contributed by atoms with Crippen LogP contribution < -0.4 is 4.90 Å². The third-order valence-corrected chi connectivity index (χ3v) is 12.9. The van der Waals surface area contributed by atoms with Gasteiger partial charge in [-0.2, -0.15) is 0 Å². The Bertz CT molecular complexity index is 3160. The Kier molecular flexibility index (Phi) is 6.97. The molecule has 0 aliphatic heterocycles. The van der Waals surface area contributed by atoms with Crippen LogP contribution in [0.2, 0.25) is 0 Å². The molecule has 9 aromatic carbocycles. The van der Waals surface area contributed by atoms with Gasteiger partial charge in [-0.15, -0.1) is 22.7 Å². The van der Waals surface area contributed by atoms with Crippen molar-refractivity contribution in [1.29, 1.82) is 0 Å². The zero-order valence-electron chi connectivity index (χ0n) is 28.7. The molecule has 0 aliphatic carbocycles. The third-order valence-electron chi connectivity index (χ3n) is 10.7. The number of hydrogen-bond acceptors (Lipinski definition) is 3. The number of nitrogens with zero attached hydrogens (tertiary/aromatic N) is 1. The quantitative estimate of drug-likeness (QED) is 0.172. The standard InChI is InChI=1S/C50H31NS2/c1-3-11-40-33(8-1)10-7-14-41(40)35-18-24-38(25-19-35)51(39-26-27-44-43-13-5-6-15-46(43)53-49(44)31-39)37-22-16-32(17-23-37)36-21-28-47-45(30-36)50-42-12-4-2-9-34(42)20-29-48(50)52-47/h1-31H. The zero-order chi connectivity index (χ0) is 34.9. The van der Waals surface area contributed by atoms with Crippen molar-refractivity contribution in [3.8, 4) is 22.3 Å². The third kappa shape index (κ3) is 5.04. The fourth-order valence-corrected chi connectivity index (χ4v) is 10.3. The van der Waals surface area contributed by atoms with E-state index in [0.717, 1.165) is 17.1 Å². The molecule has 2 aromatic heterocycles. The van der Waals surface area contributed by atoms with Crippen LogP contribution in [0.3, 0.4) is 0 Å². The monoisotopic (exact) mass is 709 g/mol. The molecule has 0 saturated heterocycles. The maximum absolute atomic E-state index is 2.39. The Labute approximate surface area is 315 Å². The Morgan fingerprint density at radius 1 is 0.302 bits per heavy atom. The van der Waals surface area contributed by atoms with Crippen LogP contribution in [-0.4, -0.2) is 0 Å². The van der Waals surface area contributed by atoms with Crippen molar-refractivity contribution >= 4 is 102 Å². The first-order valence-electron chi connectivity index (χ1n) is 18.0. The number of hydrogen-bond donors (Lipinski definition) is 0. The maximum Gasteiger partial charge on any atom is 0.0476 e. The van der Waals surface area contributed by atoms with E-state index < -0.39 is 0 Å². The van der Waals surface area contributed by atoms with Gasteiger partial charge in [-0.05, 0) is 104 Å². The molecule has 248 valence electrons. The number of rotatable bonds is 5. The molecule has 11 rings (SSSR count). The van der Waals surface area contributed by atoms with Crippen LogP contribution in [0.25, 0.3) is 84.1 Å². The molecular weight excluding hydrogens is 679 g/mol. The van der Waals surface area contributed by atoms with Gasteiger partial charge in [0, 0.05) is 57.4 Å². The molecule has 0 amide bonds. The molecule has 3 heteroatoms. The first-order valence-corrected chi connectivity index (χ1v) is 19.6. The van der Waals surface area contributed by atoms with Crippen LogP contribution in [0.1, 0.15) is 0 Å². The first-order chi connectivity index (χ1) is 26.2. The predicted octanol–water partition coefficient (Wildman–Crippen LogP) is 15.5. The summed E-state index contributed by atoms with van der Waals surface area (Å²) in [6.45, 7) is 0. The molecule has 0 spiro atoms. The molecule has 0 N–H and O–H groups in total. The second kappa shape index (κ2) is 12.2.